The molecule has 0 atom stereocenters. The third-order valence-electron chi connectivity index (χ3n) is 11.7. The van der Waals surface area contributed by atoms with E-state index in [2.05, 4.69) is 164 Å². The Morgan fingerprint density at radius 1 is 0.569 bits per heavy atom. The first kappa shape index (κ1) is 28.7. The Bertz CT molecular complexity index is 2830. The van der Waals surface area contributed by atoms with Crippen LogP contribution in [0.25, 0.3) is 71.7 Å². The molecule has 2 nitrogen and oxygen atoms in total. The van der Waals surface area contributed by atoms with Gasteiger partial charge in [0.1, 0.15) is 11.2 Å². The number of furan rings is 1. The van der Waals surface area contributed by atoms with Crippen molar-refractivity contribution in [3.8, 4) is 33.4 Å². The average Bonchev–Trinajstić information content (AvgIpc) is 3.79. The smallest absolute Gasteiger partial charge is 0.143 e. The molecule has 0 bridgehead atoms. The molecule has 242 valence electrons. The van der Waals surface area contributed by atoms with E-state index in [1.165, 1.54) is 66.7 Å². The minimum absolute atomic E-state index is 0.0163. The van der Waals surface area contributed by atoms with Gasteiger partial charge in [-0.2, -0.15) is 0 Å². The lowest BCUT2D eigenvalue weighted by atomic mass is 9.78. The van der Waals surface area contributed by atoms with Gasteiger partial charge < -0.3 is 9.32 Å². The van der Waals surface area contributed by atoms with Crippen LogP contribution in [0, 0.1) is 0 Å². The third kappa shape index (κ3) is 3.99. The summed E-state index contributed by atoms with van der Waals surface area (Å²) in [7, 11) is 0. The molecule has 2 heteroatoms. The Hall–Kier alpha value is -6.12. The fourth-order valence-electron chi connectivity index (χ4n) is 9.39. The van der Waals surface area contributed by atoms with Crippen molar-refractivity contribution >= 4 is 49.7 Å². The standard InChI is InChI=1S/C49H35NO/c1-49(2)42-20-7-5-16-40(42)47-43(49)21-11-22-44(47)50(33-28-31-12-9-18-38-35-13-3-4-14-36(35)41(29-33)46(31)38)32-26-24-30(25-27-32)34-17-10-19-39-37-15-6-8-23-45(37)51-48(34)39/h3-10,12-20,22-29H,11,21H2,1-2H3. The Kier molecular flexibility index (Phi) is 5.88. The first-order valence-electron chi connectivity index (χ1n) is 18.1. The fraction of sp³-hybridized carbons (Fsp3) is 0.102. The number of allylic oxidation sites excluding steroid dienone is 3. The zero-order chi connectivity index (χ0) is 33.8. The molecule has 0 aliphatic heterocycles. The van der Waals surface area contributed by atoms with E-state index in [-0.39, 0.29) is 5.41 Å². The first-order chi connectivity index (χ1) is 25.1. The van der Waals surface area contributed by atoms with E-state index in [0.717, 1.165) is 51.6 Å². The lowest BCUT2D eigenvalue weighted by Crippen LogP contribution is -2.22. The number of rotatable bonds is 4. The number of nitrogens with zero attached hydrogens (tertiary/aromatic N) is 1. The topological polar surface area (TPSA) is 16.4 Å². The summed E-state index contributed by atoms with van der Waals surface area (Å²) in [6, 6.07) is 53.5. The Labute approximate surface area is 297 Å². The van der Waals surface area contributed by atoms with Crippen LogP contribution in [-0.4, -0.2) is 0 Å². The summed E-state index contributed by atoms with van der Waals surface area (Å²) in [4.78, 5) is 2.53. The molecule has 8 aromatic rings. The monoisotopic (exact) mass is 653 g/mol. The highest BCUT2D eigenvalue weighted by Gasteiger charge is 2.41. The lowest BCUT2D eigenvalue weighted by Gasteiger charge is -2.33. The Balaban J connectivity index is 1.12. The summed E-state index contributed by atoms with van der Waals surface area (Å²) in [5, 5.41) is 4.92. The summed E-state index contributed by atoms with van der Waals surface area (Å²) >= 11 is 0. The lowest BCUT2D eigenvalue weighted by molar-refractivity contribution is 0.606. The average molecular weight is 654 g/mol. The highest BCUT2D eigenvalue weighted by Crippen LogP contribution is 2.55. The molecule has 0 spiro atoms. The van der Waals surface area contributed by atoms with Gasteiger partial charge in [0.05, 0.1) is 0 Å². The molecule has 3 aliphatic rings. The van der Waals surface area contributed by atoms with Crippen molar-refractivity contribution in [2.45, 2.75) is 32.1 Å². The van der Waals surface area contributed by atoms with E-state index in [9.17, 15) is 0 Å². The number of hydrogen-bond donors (Lipinski definition) is 0. The molecular formula is C49H35NO. The molecule has 0 amide bonds. The number of fused-ring (bicyclic) bond motifs is 8. The van der Waals surface area contributed by atoms with Crippen molar-refractivity contribution in [3.63, 3.8) is 0 Å². The molecule has 0 saturated heterocycles. The summed E-state index contributed by atoms with van der Waals surface area (Å²) in [6.07, 6.45) is 4.57. The second-order valence-electron chi connectivity index (χ2n) is 14.8. The Morgan fingerprint density at radius 3 is 2.12 bits per heavy atom. The van der Waals surface area contributed by atoms with Crippen LogP contribution >= 0.6 is 0 Å². The molecular weight excluding hydrogens is 619 g/mol. The van der Waals surface area contributed by atoms with E-state index in [1.54, 1.807) is 0 Å². The van der Waals surface area contributed by atoms with Gasteiger partial charge in [0, 0.05) is 44.4 Å². The molecule has 0 unspecified atom stereocenters. The predicted octanol–water partition coefficient (Wildman–Crippen LogP) is 13.6. The summed E-state index contributed by atoms with van der Waals surface area (Å²) in [6.45, 7) is 4.81. The fourth-order valence-corrected chi connectivity index (χ4v) is 9.39. The van der Waals surface area contributed by atoms with Gasteiger partial charge in [-0.15, -0.1) is 0 Å². The van der Waals surface area contributed by atoms with Gasteiger partial charge in [0.25, 0.3) is 0 Å². The molecule has 1 heterocycles. The SMILES string of the molecule is CC1(C)C2=C(C(N(c3ccc(-c4cccc5c4oc4ccccc45)cc3)c3cc4c5c(cccc5c3)-c3ccccc3-4)=CCC2)c2ccccc21. The maximum atomic E-state index is 6.45. The minimum Gasteiger partial charge on any atom is -0.455 e. The van der Waals surface area contributed by atoms with Crippen LogP contribution in [0.15, 0.2) is 167 Å². The first-order valence-corrected chi connectivity index (χ1v) is 18.1. The quantitative estimate of drug-likeness (QED) is 0.188. The summed E-state index contributed by atoms with van der Waals surface area (Å²) in [5.74, 6) is 0. The van der Waals surface area contributed by atoms with Crippen LogP contribution in [0.1, 0.15) is 37.8 Å². The number of anilines is 2. The van der Waals surface area contributed by atoms with Gasteiger partial charge >= 0.3 is 0 Å². The molecule has 7 aromatic carbocycles. The predicted molar refractivity (Wildman–Crippen MR) is 213 cm³/mol. The molecule has 0 N–H and O–H groups in total. The van der Waals surface area contributed by atoms with Crippen LogP contribution in [0.5, 0.6) is 0 Å². The molecule has 0 radical (unpaired) electrons. The van der Waals surface area contributed by atoms with Gasteiger partial charge in [-0.25, -0.2) is 0 Å². The van der Waals surface area contributed by atoms with Gasteiger partial charge in [-0.3, -0.25) is 0 Å². The van der Waals surface area contributed by atoms with Crippen molar-refractivity contribution in [1.82, 2.24) is 0 Å². The number of hydrogen-bond acceptors (Lipinski definition) is 2. The van der Waals surface area contributed by atoms with E-state index in [0.29, 0.717) is 0 Å². The van der Waals surface area contributed by atoms with Gasteiger partial charge in [0.15, 0.2) is 0 Å². The van der Waals surface area contributed by atoms with E-state index in [4.69, 9.17) is 4.42 Å². The van der Waals surface area contributed by atoms with E-state index in [1.807, 2.05) is 6.07 Å². The second-order valence-corrected chi connectivity index (χ2v) is 14.8. The molecule has 3 aliphatic carbocycles. The van der Waals surface area contributed by atoms with Gasteiger partial charge in [-0.05, 0) is 98.5 Å². The zero-order valence-corrected chi connectivity index (χ0v) is 28.7. The van der Waals surface area contributed by atoms with Crippen LogP contribution in [0.4, 0.5) is 11.4 Å². The third-order valence-corrected chi connectivity index (χ3v) is 11.7. The highest BCUT2D eigenvalue weighted by atomic mass is 16.3. The number of para-hydroxylation sites is 2. The zero-order valence-electron chi connectivity index (χ0n) is 28.7. The minimum atomic E-state index is -0.0163. The van der Waals surface area contributed by atoms with Gasteiger partial charge in [0.2, 0.25) is 0 Å². The summed E-state index contributed by atoms with van der Waals surface area (Å²) in [5.41, 5.74) is 18.7. The van der Waals surface area contributed by atoms with Crippen molar-refractivity contribution < 1.29 is 4.42 Å². The molecule has 0 saturated carbocycles. The maximum absolute atomic E-state index is 6.45. The van der Waals surface area contributed by atoms with Crippen molar-refractivity contribution in [2.24, 2.45) is 0 Å². The highest BCUT2D eigenvalue weighted by molar-refractivity contribution is 6.17. The largest absolute Gasteiger partial charge is 0.455 e. The maximum Gasteiger partial charge on any atom is 0.143 e. The Morgan fingerprint density at radius 2 is 1.25 bits per heavy atom. The molecule has 1 aromatic heterocycles. The van der Waals surface area contributed by atoms with Gasteiger partial charge in [-0.1, -0.05) is 135 Å². The normalized spacial score (nSPS) is 15.3. The van der Waals surface area contributed by atoms with Crippen LogP contribution < -0.4 is 4.90 Å². The van der Waals surface area contributed by atoms with Crippen molar-refractivity contribution in [2.75, 3.05) is 4.90 Å². The van der Waals surface area contributed by atoms with E-state index >= 15 is 0 Å². The van der Waals surface area contributed by atoms with Crippen molar-refractivity contribution in [3.05, 3.63) is 174 Å². The van der Waals surface area contributed by atoms with E-state index < -0.39 is 0 Å². The second kappa shape index (κ2) is 10.4. The molecule has 0 fully saturated rings. The molecule has 11 rings (SSSR count). The van der Waals surface area contributed by atoms with Crippen LogP contribution in [0.2, 0.25) is 0 Å². The van der Waals surface area contributed by atoms with Crippen LogP contribution in [0.3, 0.4) is 0 Å². The van der Waals surface area contributed by atoms with Crippen molar-refractivity contribution in [1.29, 1.82) is 0 Å². The number of benzene rings is 7. The van der Waals surface area contributed by atoms with Crippen LogP contribution in [-0.2, 0) is 5.41 Å². The summed E-state index contributed by atoms with van der Waals surface area (Å²) < 4.78 is 6.45. The molecule has 51 heavy (non-hydrogen) atoms.